The van der Waals surface area contributed by atoms with Gasteiger partial charge in [0.15, 0.2) is 0 Å². The normalized spacial score (nSPS) is 19.5. The van der Waals surface area contributed by atoms with Gasteiger partial charge in [-0.2, -0.15) is 4.31 Å². The van der Waals surface area contributed by atoms with Crippen LogP contribution in [0.2, 0.25) is 5.02 Å². The number of nitrogens with zero attached hydrogens (tertiary/aromatic N) is 1. The van der Waals surface area contributed by atoms with Crippen molar-refractivity contribution in [2.24, 2.45) is 0 Å². The standard InChI is InChI=1S/C16H16ClNO2S2/c1-12-5-7-15(8-6-12)22(19,20)18-9-10-21-16(18)13-3-2-4-14(17)11-13/h2-8,11,16H,9-10H2,1H3/t16-/m1/s1. The molecule has 0 radical (unpaired) electrons. The lowest BCUT2D eigenvalue weighted by Crippen LogP contribution is -2.30. The van der Waals surface area contributed by atoms with Gasteiger partial charge >= 0.3 is 0 Å². The van der Waals surface area contributed by atoms with Crippen LogP contribution in [0.5, 0.6) is 0 Å². The molecule has 2 aromatic rings. The maximum atomic E-state index is 12.9. The maximum Gasteiger partial charge on any atom is 0.244 e. The molecule has 0 N–H and O–H groups in total. The average molecular weight is 354 g/mol. The Bertz CT molecular complexity index is 775. The topological polar surface area (TPSA) is 37.4 Å². The number of aryl methyl sites for hydroxylation is 1. The van der Waals surface area contributed by atoms with Crippen molar-refractivity contribution in [3.63, 3.8) is 0 Å². The molecule has 6 heteroatoms. The average Bonchev–Trinajstić information content (AvgIpc) is 2.98. The van der Waals surface area contributed by atoms with Crippen molar-refractivity contribution in [3.05, 3.63) is 64.7 Å². The molecule has 0 amide bonds. The minimum atomic E-state index is -3.50. The van der Waals surface area contributed by atoms with Crippen LogP contribution in [0.4, 0.5) is 0 Å². The number of thioether (sulfide) groups is 1. The Morgan fingerprint density at radius 2 is 1.91 bits per heavy atom. The van der Waals surface area contributed by atoms with Crippen molar-refractivity contribution in [3.8, 4) is 0 Å². The van der Waals surface area contributed by atoms with Crippen LogP contribution in [0.15, 0.2) is 53.4 Å². The predicted molar refractivity (Wildman–Crippen MR) is 91.7 cm³/mol. The molecule has 0 unspecified atom stereocenters. The van der Waals surface area contributed by atoms with Crippen LogP contribution in [0.1, 0.15) is 16.5 Å². The van der Waals surface area contributed by atoms with Gasteiger partial charge in [0, 0.05) is 17.3 Å². The summed E-state index contributed by atoms with van der Waals surface area (Å²) >= 11 is 7.67. The van der Waals surface area contributed by atoms with Crippen molar-refractivity contribution in [1.29, 1.82) is 0 Å². The van der Waals surface area contributed by atoms with Crippen LogP contribution in [0.25, 0.3) is 0 Å². The summed E-state index contributed by atoms with van der Waals surface area (Å²) in [7, 11) is -3.50. The summed E-state index contributed by atoms with van der Waals surface area (Å²) in [6.45, 7) is 2.45. The first-order chi connectivity index (χ1) is 10.5. The van der Waals surface area contributed by atoms with Crippen molar-refractivity contribution in [2.75, 3.05) is 12.3 Å². The van der Waals surface area contributed by atoms with E-state index in [1.165, 1.54) is 0 Å². The van der Waals surface area contributed by atoms with Crippen LogP contribution in [-0.2, 0) is 10.0 Å². The summed E-state index contributed by atoms with van der Waals surface area (Å²) in [6.07, 6.45) is 0. The van der Waals surface area contributed by atoms with Crippen LogP contribution in [0.3, 0.4) is 0 Å². The van der Waals surface area contributed by atoms with E-state index < -0.39 is 10.0 Å². The fourth-order valence-electron chi connectivity index (χ4n) is 2.47. The Labute approximate surface area is 140 Å². The smallest absolute Gasteiger partial charge is 0.207 e. The molecule has 1 aliphatic rings. The van der Waals surface area contributed by atoms with Gasteiger partial charge in [0.05, 0.1) is 10.3 Å². The van der Waals surface area contributed by atoms with E-state index in [9.17, 15) is 8.42 Å². The summed E-state index contributed by atoms with van der Waals surface area (Å²) in [5.41, 5.74) is 1.96. The molecule has 1 saturated heterocycles. The Morgan fingerprint density at radius 3 is 2.59 bits per heavy atom. The Balaban J connectivity index is 1.97. The summed E-state index contributed by atoms with van der Waals surface area (Å²) in [6, 6.07) is 14.4. The highest BCUT2D eigenvalue weighted by molar-refractivity contribution is 8.01. The highest BCUT2D eigenvalue weighted by Crippen LogP contribution is 2.41. The van der Waals surface area contributed by atoms with Gasteiger partial charge in [0.1, 0.15) is 0 Å². The second kappa shape index (κ2) is 6.24. The lowest BCUT2D eigenvalue weighted by Gasteiger charge is -2.23. The van der Waals surface area contributed by atoms with Crippen molar-refractivity contribution < 1.29 is 8.42 Å². The van der Waals surface area contributed by atoms with E-state index in [0.29, 0.717) is 16.5 Å². The monoisotopic (exact) mass is 353 g/mol. The molecule has 116 valence electrons. The number of rotatable bonds is 3. The Morgan fingerprint density at radius 1 is 1.18 bits per heavy atom. The number of benzene rings is 2. The summed E-state index contributed by atoms with van der Waals surface area (Å²) in [5, 5.41) is 0.405. The zero-order valence-electron chi connectivity index (χ0n) is 12.1. The molecule has 3 nitrogen and oxygen atoms in total. The number of hydrogen-bond donors (Lipinski definition) is 0. The number of halogens is 1. The van der Waals surface area contributed by atoms with E-state index in [1.54, 1.807) is 34.3 Å². The third-order valence-corrected chi connectivity index (χ3v) is 7.12. The molecule has 22 heavy (non-hydrogen) atoms. The molecule has 0 aliphatic carbocycles. The molecule has 1 aliphatic heterocycles. The van der Waals surface area contributed by atoms with Crippen LogP contribution in [0, 0.1) is 6.92 Å². The first-order valence-corrected chi connectivity index (χ1v) is 9.81. The molecular weight excluding hydrogens is 338 g/mol. The van der Waals surface area contributed by atoms with E-state index >= 15 is 0 Å². The van der Waals surface area contributed by atoms with E-state index in [0.717, 1.165) is 16.9 Å². The zero-order chi connectivity index (χ0) is 15.7. The van der Waals surface area contributed by atoms with Gasteiger partial charge in [-0.15, -0.1) is 11.8 Å². The minimum Gasteiger partial charge on any atom is -0.207 e. The minimum absolute atomic E-state index is 0.218. The highest BCUT2D eigenvalue weighted by Gasteiger charge is 2.36. The first kappa shape index (κ1) is 15.9. The number of hydrogen-bond acceptors (Lipinski definition) is 3. The molecule has 1 heterocycles. The molecule has 2 aromatic carbocycles. The Kier molecular flexibility index (Phi) is 4.50. The lowest BCUT2D eigenvalue weighted by molar-refractivity contribution is 0.434. The third-order valence-electron chi connectivity index (χ3n) is 3.61. The number of sulfonamides is 1. The second-order valence-corrected chi connectivity index (χ2v) is 8.72. The fourth-order valence-corrected chi connectivity index (χ4v) is 5.90. The molecule has 3 rings (SSSR count). The summed E-state index contributed by atoms with van der Waals surface area (Å²) < 4.78 is 27.4. The van der Waals surface area contributed by atoms with Gasteiger partial charge in [-0.3, -0.25) is 0 Å². The quantitative estimate of drug-likeness (QED) is 0.834. The van der Waals surface area contributed by atoms with E-state index in [-0.39, 0.29) is 5.37 Å². The SMILES string of the molecule is Cc1ccc(S(=O)(=O)N2CCS[C@@H]2c2cccc(Cl)c2)cc1. The maximum absolute atomic E-state index is 12.9. The molecule has 1 fully saturated rings. The van der Waals surface area contributed by atoms with Gasteiger partial charge in [0.25, 0.3) is 0 Å². The molecule has 0 spiro atoms. The van der Waals surface area contributed by atoms with Crippen molar-refractivity contribution in [2.45, 2.75) is 17.2 Å². The summed E-state index contributed by atoms with van der Waals surface area (Å²) in [5.74, 6) is 0.780. The Hall–Kier alpha value is -1.01. The van der Waals surface area contributed by atoms with Crippen LogP contribution >= 0.6 is 23.4 Å². The van der Waals surface area contributed by atoms with E-state index in [4.69, 9.17) is 11.6 Å². The van der Waals surface area contributed by atoms with Crippen LogP contribution in [-0.4, -0.2) is 25.0 Å². The van der Waals surface area contributed by atoms with E-state index in [1.807, 2.05) is 37.3 Å². The predicted octanol–water partition coefficient (Wildman–Crippen LogP) is 4.08. The highest BCUT2D eigenvalue weighted by atomic mass is 35.5. The van der Waals surface area contributed by atoms with Gasteiger partial charge in [0.2, 0.25) is 10.0 Å². The van der Waals surface area contributed by atoms with Gasteiger partial charge in [-0.1, -0.05) is 41.4 Å². The zero-order valence-corrected chi connectivity index (χ0v) is 14.5. The fraction of sp³-hybridized carbons (Fsp3) is 0.250. The third kappa shape index (κ3) is 3.04. The van der Waals surface area contributed by atoms with Gasteiger partial charge < -0.3 is 0 Å². The summed E-state index contributed by atoms with van der Waals surface area (Å²) in [4.78, 5) is 0.340. The molecule has 0 bridgehead atoms. The first-order valence-electron chi connectivity index (χ1n) is 6.94. The van der Waals surface area contributed by atoms with Gasteiger partial charge in [-0.25, -0.2) is 8.42 Å². The lowest BCUT2D eigenvalue weighted by atomic mass is 10.2. The van der Waals surface area contributed by atoms with Gasteiger partial charge in [-0.05, 0) is 36.8 Å². The van der Waals surface area contributed by atoms with Crippen LogP contribution < -0.4 is 0 Å². The largest absolute Gasteiger partial charge is 0.244 e. The van der Waals surface area contributed by atoms with Crippen molar-refractivity contribution >= 4 is 33.4 Å². The molecular formula is C16H16ClNO2S2. The van der Waals surface area contributed by atoms with E-state index in [2.05, 4.69) is 0 Å². The second-order valence-electron chi connectivity index (χ2n) is 5.21. The van der Waals surface area contributed by atoms with Crippen molar-refractivity contribution in [1.82, 2.24) is 4.31 Å². The molecule has 0 aromatic heterocycles. The molecule has 1 atom stereocenters. The molecule has 0 saturated carbocycles.